The summed E-state index contributed by atoms with van der Waals surface area (Å²) in [6, 6.07) is 5.75. The van der Waals surface area contributed by atoms with Crippen LogP contribution in [0.2, 0.25) is 0 Å². The van der Waals surface area contributed by atoms with Crippen LogP contribution in [0.5, 0.6) is 0 Å². The van der Waals surface area contributed by atoms with E-state index in [2.05, 4.69) is 0 Å². The second-order valence-electron chi connectivity index (χ2n) is 5.11. The summed E-state index contributed by atoms with van der Waals surface area (Å²) >= 11 is 0. The third-order valence-electron chi connectivity index (χ3n) is 4.09. The van der Waals surface area contributed by atoms with E-state index in [0.29, 0.717) is 11.3 Å². The van der Waals surface area contributed by atoms with Crippen LogP contribution in [0, 0.1) is 11.7 Å². The van der Waals surface area contributed by atoms with Crippen LogP contribution < -0.4 is 0 Å². The number of rotatable bonds is 2. The Balaban J connectivity index is 1.84. The molecule has 0 aromatic heterocycles. The molecule has 0 amide bonds. The van der Waals surface area contributed by atoms with Gasteiger partial charge in [0.15, 0.2) is 0 Å². The highest BCUT2D eigenvalue weighted by Crippen LogP contribution is 2.45. The molecular formula is C13H15F2NOS. The van der Waals surface area contributed by atoms with Gasteiger partial charge in [0.05, 0.1) is 4.90 Å². The first kappa shape index (κ1) is 12.2. The number of nitrogens with zero attached hydrogens (tertiary/aromatic N) is 1. The van der Waals surface area contributed by atoms with Gasteiger partial charge in [0, 0.05) is 18.0 Å². The lowest BCUT2D eigenvalue weighted by atomic mass is 10.0. The van der Waals surface area contributed by atoms with E-state index in [-0.39, 0.29) is 23.8 Å². The smallest absolute Gasteiger partial charge is 0.128 e. The molecule has 1 aliphatic heterocycles. The van der Waals surface area contributed by atoms with Crippen LogP contribution in [0.25, 0.3) is 0 Å². The molecule has 2 aliphatic rings. The summed E-state index contributed by atoms with van der Waals surface area (Å²) in [4.78, 5) is 0.589. The van der Waals surface area contributed by atoms with Crippen LogP contribution in [0.1, 0.15) is 19.8 Å². The molecular weight excluding hydrogens is 256 g/mol. The van der Waals surface area contributed by atoms with Gasteiger partial charge in [-0.3, -0.25) is 0 Å². The molecule has 1 aliphatic carbocycles. The van der Waals surface area contributed by atoms with Crippen molar-refractivity contribution in [3.05, 3.63) is 30.1 Å². The first-order valence-corrected chi connectivity index (χ1v) is 7.28. The summed E-state index contributed by atoms with van der Waals surface area (Å²) in [5.41, 5.74) is 0. The number of benzene rings is 1. The van der Waals surface area contributed by atoms with Crippen molar-refractivity contribution in [1.29, 1.82) is 0 Å². The minimum atomic E-state index is -1.31. The Morgan fingerprint density at radius 3 is 2.50 bits per heavy atom. The Morgan fingerprint density at radius 1 is 1.28 bits per heavy atom. The summed E-state index contributed by atoms with van der Waals surface area (Å²) < 4.78 is 40.8. The molecule has 1 aromatic carbocycles. The normalized spacial score (nSPS) is 37.1. The lowest BCUT2D eigenvalue weighted by molar-refractivity contribution is 0.157. The zero-order chi connectivity index (χ0) is 12.9. The summed E-state index contributed by atoms with van der Waals surface area (Å²) in [6.07, 6.45) is 0.503. The van der Waals surface area contributed by atoms with Gasteiger partial charge in [0.25, 0.3) is 0 Å². The molecule has 1 saturated heterocycles. The molecule has 5 unspecified atom stereocenters. The SMILES string of the molecule is CC1C2CC(CC2F)N1S(=O)c1ccc(F)cc1. The number of hydrogen-bond acceptors (Lipinski definition) is 1. The molecule has 2 bridgehead atoms. The largest absolute Gasteiger partial charge is 0.247 e. The van der Waals surface area contributed by atoms with Crippen molar-refractivity contribution in [2.75, 3.05) is 0 Å². The number of hydrogen-bond donors (Lipinski definition) is 0. The molecule has 0 N–H and O–H groups in total. The third-order valence-corrected chi connectivity index (χ3v) is 5.78. The monoisotopic (exact) mass is 271 g/mol. The molecule has 5 heteroatoms. The van der Waals surface area contributed by atoms with E-state index in [1.807, 2.05) is 11.2 Å². The summed E-state index contributed by atoms with van der Waals surface area (Å²) in [7, 11) is -1.31. The zero-order valence-corrected chi connectivity index (χ0v) is 10.9. The Kier molecular flexibility index (Phi) is 2.98. The lowest BCUT2D eigenvalue weighted by Crippen LogP contribution is -2.43. The van der Waals surface area contributed by atoms with Gasteiger partial charge in [-0.05, 0) is 44.0 Å². The minimum absolute atomic E-state index is 0.000557. The first-order chi connectivity index (χ1) is 8.58. The van der Waals surface area contributed by atoms with Crippen LogP contribution in [-0.4, -0.2) is 26.8 Å². The Labute approximate surface area is 108 Å². The van der Waals surface area contributed by atoms with Crippen molar-refractivity contribution in [3.63, 3.8) is 0 Å². The van der Waals surface area contributed by atoms with Crippen LogP contribution >= 0.6 is 0 Å². The van der Waals surface area contributed by atoms with Crippen LogP contribution in [0.15, 0.2) is 29.2 Å². The van der Waals surface area contributed by atoms with Gasteiger partial charge in [0.1, 0.15) is 23.0 Å². The molecule has 5 atom stereocenters. The number of piperidine rings is 1. The fourth-order valence-electron chi connectivity index (χ4n) is 3.18. The maximum atomic E-state index is 13.6. The summed E-state index contributed by atoms with van der Waals surface area (Å²) in [6.45, 7) is 1.93. The molecule has 18 heavy (non-hydrogen) atoms. The highest BCUT2D eigenvalue weighted by Gasteiger charge is 2.52. The maximum Gasteiger partial charge on any atom is 0.128 e. The van der Waals surface area contributed by atoms with Crippen molar-refractivity contribution in [3.8, 4) is 0 Å². The van der Waals surface area contributed by atoms with Gasteiger partial charge >= 0.3 is 0 Å². The molecule has 1 heterocycles. The van der Waals surface area contributed by atoms with E-state index in [9.17, 15) is 13.0 Å². The van der Waals surface area contributed by atoms with E-state index >= 15 is 0 Å². The average Bonchev–Trinajstić information content (AvgIpc) is 2.85. The summed E-state index contributed by atoms with van der Waals surface area (Å²) in [5.74, 6) is -0.338. The Hall–Kier alpha value is -0.810. The van der Waals surface area contributed by atoms with Crippen LogP contribution in [-0.2, 0) is 11.0 Å². The van der Waals surface area contributed by atoms with E-state index < -0.39 is 17.2 Å². The van der Waals surface area contributed by atoms with Gasteiger partial charge < -0.3 is 0 Å². The van der Waals surface area contributed by atoms with Gasteiger partial charge in [-0.1, -0.05) is 0 Å². The Bertz CT molecular complexity index is 476. The fraction of sp³-hybridized carbons (Fsp3) is 0.538. The number of halogens is 2. The quantitative estimate of drug-likeness (QED) is 0.810. The van der Waals surface area contributed by atoms with Crippen molar-refractivity contribution in [1.82, 2.24) is 4.31 Å². The number of alkyl halides is 1. The molecule has 3 rings (SSSR count). The minimum Gasteiger partial charge on any atom is -0.247 e. The van der Waals surface area contributed by atoms with E-state index in [1.54, 1.807) is 0 Å². The molecule has 0 spiro atoms. The van der Waals surface area contributed by atoms with Crippen molar-refractivity contribution >= 4 is 11.0 Å². The predicted molar refractivity (Wildman–Crippen MR) is 65.5 cm³/mol. The third kappa shape index (κ3) is 1.80. The van der Waals surface area contributed by atoms with Gasteiger partial charge in [0.2, 0.25) is 0 Å². The van der Waals surface area contributed by atoms with Crippen LogP contribution in [0.3, 0.4) is 0 Å². The molecule has 2 nitrogen and oxygen atoms in total. The topological polar surface area (TPSA) is 20.3 Å². The van der Waals surface area contributed by atoms with E-state index in [0.717, 1.165) is 6.42 Å². The van der Waals surface area contributed by atoms with Gasteiger partial charge in [-0.2, -0.15) is 0 Å². The van der Waals surface area contributed by atoms with E-state index in [1.165, 1.54) is 24.3 Å². The second kappa shape index (κ2) is 4.38. The molecule has 1 aromatic rings. The summed E-state index contributed by atoms with van der Waals surface area (Å²) in [5, 5.41) is 0. The highest BCUT2D eigenvalue weighted by molar-refractivity contribution is 7.82. The molecule has 2 fully saturated rings. The highest BCUT2D eigenvalue weighted by atomic mass is 32.2. The van der Waals surface area contributed by atoms with Crippen molar-refractivity contribution in [2.45, 2.75) is 42.9 Å². The van der Waals surface area contributed by atoms with E-state index in [4.69, 9.17) is 0 Å². The average molecular weight is 271 g/mol. The van der Waals surface area contributed by atoms with Crippen molar-refractivity contribution < 1.29 is 13.0 Å². The Morgan fingerprint density at radius 2 is 1.94 bits per heavy atom. The lowest BCUT2D eigenvalue weighted by Gasteiger charge is -2.33. The second-order valence-corrected chi connectivity index (χ2v) is 6.50. The van der Waals surface area contributed by atoms with Crippen LogP contribution in [0.4, 0.5) is 8.78 Å². The molecule has 98 valence electrons. The number of fused-ring (bicyclic) bond motifs is 2. The maximum absolute atomic E-state index is 13.6. The first-order valence-electron chi connectivity index (χ1n) is 6.18. The zero-order valence-electron chi connectivity index (χ0n) is 10.1. The van der Waals surface area contributed by atoms with Gasteiger partial charge in [-0.25, -0.2) is 17.3 Å². The predicted octanol–water partition coefficient (Wildman–Crippen LogP) is 2.67. The van der Waals surface area contributed by atoms with Gasteiger partial charge in [-0.15, -0.1) is 0 Å². The molecule has 1 saturated carbocycles. The fourth-order valence-corrected chi connectivity index (χ4v) is 4.69. The van der Waals surface area contributed by atoms with Crippen molar-refractivity contribution in [2.24, 2.45) is 5.92 Å². The standard InChI is InChI=1S/C13H15F2NOS/c1-8-12-6-10(7-13(12)15)16(8)18(17)11-4-2-9(14)3-5-11/h2-5,8,10,12-13H,6-7H2,1H3. The molecule has 0 radical (unpaired) electrons.